The zero-order valence-corrected chi connectivity index (χ0v) is 13.5. The van der Waals surface area contributed by atoms with E-state index < -0.39 is 5.76 Å². The average molecular weight is 345 g/mol. The number of aromatic nitrogens is 3. The summed E-state index contributed by atoms with van der Waals surface area (Å²) in [5, 5.41) is 4.14. The highest BCUT2D eigenvalue weighted by atomic mass is 19.1. The number of benzene rings is 1. The number of halogens is 1. The molecule has 0 amide bonds. The molecule has 2 heterocycles. The molecule has 3 aromatic rings. The molecule has 7 nitrogen and oxygen atoms in total. The van der Waals surface area contributed by atoms with Gasteiger partial charge in [-0.05, 0) is 35.9 Å². The van der Waals surface area contributed by atoms with Crippen LogP contribution in [0.15, 0.2) is 51.8 Å². The maximum atomic E-state index is 13.0. The summed E-state index contributed by atoms with van der Waals surface area (Å²) in [5.74, 6) is -0.401. The quantitative estimate of drug-likeness (QED) is 0.610. The van der Waals surface area contributed by atoms with Crippen molar-refractivity contribution in [3.63, 3.8) is 0 Å². The topological polar surface area (TPSA) is 79.4 Å². The maximum absolute atomic E-state index is 13.0. The van der Waals surface area contributed by atoms with E-state index in [-0.39, 0.29) is 18.3 Å². The third-order valence-electron chi connectivity index (χ3n) is 3.37. The molecule has 0 aliphatic heterocycles. The molecule has 0 atom stereocenters. The number of rotatable bonds is 7. The zero-order chi connectivity index (χ0) is 17.6. The Kier molecular flexibility index (Phi) is 5.20. The lowest BCUT2D eigenvalue weighted by Crippen LogP contribution is -2.16. The van der Waals surface area contributed by atoms with Crippen molar-refractivity contribution in [2.45, 2.75) is 6.54 Å². The number of methoxy groups -OCH3 is 1. The van der Waals surface area contributed by atoms with E-state index >= 15 is 0 Å². The van der Waals surface area contributed by atoms with Crippen molar-refractivity contribution in [1.29, 1.82) is 0 Å². The summed E-state index contributed by atoms with van der Waals surface area (Å²) >= 11 is 0. The van der Waals surface area contributed by atoms with Gasteiger partial charge in [0.25, 0.3) is 0 Å². The fraction of sp³-hybridized carbons (Fsp3) is 0.235. The fourth-order valence-corrected chi connectivity index (χ4v) is 2.15. The Labute approximate surface area is 142 Å². The summed E-state index contributed by atoms with van der Waals surface area (Å²) in [6.45, 7) is 1.04. The molecule has 0 saturated heterocycles. The summed E-state index contributed by atoms with van der Waals surface area (Å²) in [6, 6.07) is 9.02. The van der Waals surface area contributed by atoms with Crippen LogP contribution in [0.1, 0.15) is 5.56 Å². The van der Waals surface area contributed by atoms with Crippen molar-refractivity contribution in [2.75, 3.05) is 20.3 Å². The highest BCUT2D eigenvalue weighted by molar-refractivity contribution is 5.51. The van der Waals surface area contributed by atoms with Gasteiger partial charge in [0.15, 0.2) is 0 Å². The Morgan fingerprint density at radius 1 is 1.20 bits per heavy atom. The van der Waals surface area contributed by atoms with Gasteiger partial charge in [0.05, 0.1) is 13.2 Å². The number of hydrogen-bond acceptors (Lipinski definition) is 6. The van der Waals surface area contributed by atoms with Crippen LogP contribution in [0.3, 0.4) is 0 Å². The standard InChI is InChI=1S/C17H16FN3O4/c1-23-8-9-24-15-10-12(6-7-19-15)11-21-17(22)25-16(20-21)13-2-4-14(18)5-3-13/h2-7,10H,8-9,11H2,1H3. The van der Waals surface area contributed by atoms with Crippen LogP contribution in [0.4, 0.5) is 4.39 Å². The largest absolute Gasteiger partial charge is 0.475 e. The van der Waals surface area contributed by atoms with Crippen LogP contribution in [0, 0.1) is 5.82 Å². The van der Waals surface area contributed by atoms with Gasteiger partial charge in [-0.25, -0.2) is 14.2 Å². The Morgan fingerprint density at radius 2 is 2.00 bits per heavy atom. The number of ether oxygens (including phenoxy) is 2. The van der Waals surface area contributed by atoms with E-state index in [9.17, 15) is 9.18 Å². The molecule has 0 N–H and O–H groups in total. The Hall–Kier alpha value is -3.00. The molecule has 0 bridgehead atoms. The van der Waals surface area contributed by atoms with Crippen LogP contribution in [0.2, 0.25) is 0 Å². The van der Waals surface area contributed by atoms with E-state index in [1.165, 1.54) is 28.9 Å². The van der Waals surface area contributed by atoms with Gasteiger partial charge in [-0.1, -0.05) is 0 Å². The summed E-state index contributed by atoms with van der Waals surface area (Å²) in [4.78, 5) is 16.1. The van der Waals surface area contributed by atoms with E-state index in [2.05, 4.69) is 10.1 Å². The lowest BCUT2D eigenvalue weighted by Gasteiger charge is -2.06. The van der Waals surface area contributed by atoms with E-state index in [0.717, 1.165) is 5.56 Å². The van der Waals surface area contributed by atoms with Gasteiger partial charge in [-0.2, -0.15) is 4.68 Å². The molecule has 0 fully saturated rings. The molecule has 0 unspecified atom stereocenters. The van der Waals surface area contributed by atoms with Crippen LogP contribution in [-0.4, -0.2) is 35.1 Å². The van der Waals surface area contributed by atoms with Crippen molar-refractivity contribution >= 4 is 0 Å². The third-order valence-corrected chi connectivity index (χ3v) is 3.37. The van der Waals surface area contributed by atoms with Crippen molar-refractivity contribution < 1.29 is 18.3 Å². The first-order chi connectivity index (χ1) is 12.2. The zero-order valence-electron chi connectivity index (χ0n) is 13.5. The predicted octanol–water partition coefficient (Wildman–Crippen LogP) is 2.11. The van der Waals surface area contributed by atoms with Gasteiger partial charge >= 0.3 is 5.76 Å². The molecule has 0 aliphatic rings. The van der Waals surface area contributed by atoms with Crippen molar-refractivity contribution in [3.8, 4) is 17.3 Å². The van der Waals surface area contributed by atoms with Crippen molar-refractivity contribution in [2.24, 2.45) is 0 Å². The van der Waals surface area contributed by atoms with Gasteiger partial charge < -0.3 is 13.9 Å². The molecule has 0 aliphatic carbocycles. The Balaban J connectivity index is 1.76. The maximum Gasteiger partial charge on any atom is 0.437 e. The average Bonchev–Trinajstić information content (AvgIpc) is 2.97. The first-order valence-electron chi connectivity index (χ1n) is 7.56. The second-order valence-corrected chi connectivity index (χ2v) is 5.18. The molecular formula is C17H16FN3O4. The second-order valence-electron chi connectivity index (χ2n) is 5.18. The van der Waals surface area contributed by atoms with Crippen LogP contribution in [0.25, 0.3) is 11.5 Å². The van der Waals surface area contributed by atoms with Crippen LogP contribution < -0.4 is 10.5 Å². The molecule has 130 valence electrons. The van der Waals surface area contributed by atoms with Crippen LogP contribution >= 0.6 is 0 Å². The molecule has 0 saturated carbocycles. The van der Waals surface area contributed by atoms with Gasteiger partial charge in [-0.15, -0.1) is 5.10 Å². The van der Waals surface area contributed by atoms with E-state index in [4.69, 9.17) is 13.9 Å². The van der Waals surface area contributed by atoms with Gasteiger partial charge in [-0.3, -0.25) is 0 Å². The number of pyridine rings is 1. The first kappa shape index (κ1) is 16.8. The summed E-state index contributed by atoms with van der Waals surface area (Å²) < 4.78 is 29.7. The fourth-order valence-electron chi connectivity index (χ4n) is 2.15. The van der Waals surface area contributed by atoms with E-state index in [1.807, 2.05) is 0 Å². The van der Waals surface area contributed by atoms with Gasteiger partial charge in [0, 0.05) is 24.9 Å². The predicted molar refractivity (Wildman–Crippen MR) is 86.9 cm³/mol. The minimum absolute atomic E-state index is 0.135. The molecular weight excluding hydrogens is 329 g/mol. The normalized spacial score (nSPS) is 10.8. The molecule has 0 radical (unpaired) electrons. The minimum atomic E-state index is -0.599. The molecule has 3 rings (SSSR count). The van der Waals surface area contributed by atoms with Crippen LogP contribution in [0.5, 0.6) is 5.88 Å². The molecule has 1 aromatic carbocycles. The molecule has 25 heavy (non-hydrogen) atoms. The lowest BCUT2D eigenvalue weighted by atomic mass is 10.2. The second kappa shape index (κ2) is 7.71. The molecule has 8 heteroatoms. The molecule has 0 spiro atoms. The Morgan fingerprint density at radius 3 is 2.76 bits per heavy atom. The number of hydrogen-bond donors (Lipinski definition) is 0. The SMILES string of the molecule is COCCOc1cc(Cn2nc(-c3ccc(F)cc3)oc2=O)ccn1. The number of nitrogens with zero attached hydrogens (tertiary/aromatic N) is 3. The lowest BCUT2D eigenvalue weighted by molar-refractivity contribution is 0.143. The van der Waals surface area contributed by atoms with E-state index in [0.29, 0.717) is 24.7 Å². The summed E-state index contributed by atoms with van der Waals surface area (Å²) in [7, 11) is 1.59. The van der Waals surface area contributed by atoms with Crippen LogP contribution in [-0.2, 0) is 11.3 Å². The van der Waals surface area contributed by atoms with Gasteiger partial charge in [0.1, 0.15) is 12.4 Å². The summed E-state index contributed by atoms with van der Waals surface area (Å²) in [6.07, 6.45) is 1.59. The van der Waals surface area contributed by atoms with Crippen molar-refractivity contribution in [1.82, 2.24) is 14.8 Å². The van der Waals surface area contributed by atoms with Crippen molar-refractivity contribution in [3.05, 3.63) is 64.5 Å². The molecule has 2 aromatic heterocycles. The summed E-state index contributed by atoms with van der Waals surface area (Å²) in [5.41, 5.74) is 1.30. The first-order valence-corrected chi connectivity index (χ1v) is 7.56. The Bertz CT molecular complexity index is 889. The van der Waals surface area contributed by atoms with E-state index in [1.54, 1.807) is 25.4 Å². The third kappa shape index (κ3) is 4.30. The minimum Gasteiger partial charge on any atom is -0.475 e. The monoisotopic (exact) mass is 345 g/mol. The smallest absolute Gasteiger partial charge is 0.437 e. The highest BCUT2D eigenvalue weighted by Gasteiger charge is 2.11. The highest BCUT2D eigenvalue weighted by Crippen LogP contribution is 2.16. The van der Waals surface area contributed by atoms with Gasteiger partial charge in [0.2, 0.25) is 11.8 Å².